The van der Waals surface area contributed by atoms with Crippen LogP contribution in [0.25, 0.3) is 0 Å². The fourth-order valence-corrected chi connectivity index (χ4v) is 4.85. The van der Waals surface area contributed by atoms with Crippen LogP contribution in [0.4, 0.5) is 0 Å². The lowest BCUT2D eigenvalue weighted by Crippen LogP contribution is -2.44. The monoisotopic (exact) mass is 371 g/mol. The molecule has 1 unspecified atom stereocenters. The Morgan fingerprint density at radius 2 is 2.08 bits per heavy atom. The third-order valence-corrected chi connectivity index (χ3v) is 6.46. The molecule has 2 N–H and O–H groups in total. The van der Waals surface area contributed by atoms with Gasteiger partial charge >= 0.3 is 0 Å². The lowest BCUT2D eigenvalue weighted by molar-refractivity contribution is -0.123. The van der Waals surface area contributed by atoms with Crippen LogP contribution in [0.2, 0.25) is 5.15 Å². The number of pyridine rings is 1. The van der Waals surface area contributed by atoms with Crippen molar-refractivity contribution in [3.63, 3.8) is 0 Å². The Hall–Kier alpha value is -1.81. The largest absolute Gasteiger partial charge is 0.365 e. The summed E-state index contributed by atoms with van der Waals surface area (Å²) in [5.74, 6) is 0.145. The Kier molecular flexibility index (Phi) is 5.03. The number of carbonyl (C=O) groups excluding carboxylic acids is 1. The first kappa shape index (κ1) is 17.6. The van der Waals surface area contributed by atoms with Crippen LogP contribution < -0.4 is 5.32 Å². The molecule has 2 aliphatic rings. The van der Waals surface area contributed by atoms with E-state index < -0.39 is 0 Å². The molecule has 2 aromatic rings. The van der Waals surface area contributed by atoms with E-state index in [4.69, 9.17) is 11.6 Å². The van der Waals surface area contributed by atoms with Gasteiger partial charge in [0.25, 0.3) is 0 Å². The van der Waals surface area contributed by atoms with E-state index in [0.717, 1.165) is 32.1 Å². The number of nitrogens with zero attached hydrogens (tertiary/aromatic N) is 1. The number of halogens is 1. The number of nitrogens with one attached hydrogen (secondary N) is 2. The summed E-state index contributed by atoms with van der Waals surface area (Å²) in [6.45, 7) is 0.686. The topological polar surface area (TPSA) is 57.8 Å². The second kappa shape index (κ2) is 7.43. The van der Waals surface area contributed by atoms with E-state index in [1.54, 1.807) is 0 Å². The first-order valence-corrected chi connectivity index (χ1v) is 10.1. The summed E-state index contributed by atoms with van der Waals surface area (Å²) in [6.07, 6.45) is 12.8. The summed E-state index contributed by atoms with van der Waals surface area (Å²) in [5.41, 5.74) is 3.60. The number of carbonyl (C=O) groups is 1. The van der Waals surface area contributed by atoms with Crippen LogP contribution in [0.15, 0.2) is 30.6 Å². The third kappa shape index (κ3) is 3.39. The number of aromatic amines is 1. The van der Waals surface area contributed by atoms with Gasteiger partial charge < -0.3 is 10.3 Å². The van der Waals surface area contributed by atoms with Crippen molar-refractivity contribution in [1.82, 2.24) is 15.3 Å². The Labute approximate surface area is 159 Å². The summed E-state index contributed by atoms with van der Waals surface area (Å²) in [4.78, 5) is 20.5. The maximum absolute atomic E-state index is 13.0. The molecule has 0 aromatic carbocycles. The molecule has 2 aliphatic carbocycles. The molecule has 0 radical (unpaired) electrons. The molecule has 4 rings (SSSR count). The van der Waals surface area contributed by atoms with E-state index in [1.807, 2.05) is 18.5 Å². The molecule has 26 heavy (non-hydrogen) atoms. The van der Waals surface area contributed by atoms with Crippen molar-refractivity contribution in [2.75, 3.05) is 6.54 Å². The summed E-state index contributed by atoms with van der Waals surface area (Å²) in [5, 5.41) is 3.81. The van der Waals surface area contributed by atoms with E-state index in [0.29, 0.717) is 11.7 Å². The molecule has 2 aromatic heterocycles. The molecule has 1 fully saturated rings. The number of aromatic nitrogens is 2. The number of H-pyrrole nitrogens is 1. The van der Waals surface area contributed by atoms with E-state index >= 15 is 0 Å². The van der Waals surface area contributed by atoms with Gasteiger partial charge in [0.2, 0.25) is 5.91 Å². The predicted molar refractivity (Wildman–Crippen MR) is 103 cm³/mol. The zero-order chi connectivity index (χ0) is 18.0. The number of hydrogen-bond donors (Lipinski definition) is 2. The van der Waals surface area contributed by atoms with Crippen LogP contribution in [0.3, 0.4) is 0 Å². The average Bonchev–Trinajstić information content (AvgIpc) is 3.16. The van der Waals surface area contributed by atoms with Crippen LogP contribution >= 0.6 is 11.6 Å². The highest BCUT2D eigenvalue weighted by molar-refractivity contribution is 6.29. The SMILES string of the molecule is O=C(NCC1(c2ccc(Cl)nc2)CCCCC1)C1CCCc2[nH]ccc21. The van der Waals surface area contributed by atoms with Crippen molar-refractivity contribution >= 4 is 17.5 Å². The van der Waals surface area contributed by atoms with Gasteiger partial charge in [-0.05, 0) is 55.4 Å². The van der Waals surface area contributed by atoms with Crippen LogP contribution in [0, 0.1) is 0 Å². The lowest BCUT2D eigenvalue weighted by atomic mass is 9.69. The summed E-state index contributed by atoms with van der Waals surface area (Å²) < 4.78 is 0. The number of rotatable bonds is 4. The standard InChI is InChI=1S/C21H26ClN3O/c22-19-8-7-15(13-24-19)21(10-2-1-3-11-21)14-25-20(26)17-5-4-6-18-16(17)9-12-23-18/h7-9,12-13,17,23H,1-6,10-11,14H2,(H,25,26). The highest BCUT2D eigenvalue weighted by atomic mass is 35.5. The smallest absolute Gasteiger partial charge is 0.227 e. The third-order valence-electron chi connectivity index (χ3n) is 6.23. The zero-order valence-corrected chi connectivity index (χ0v) is 15.8. The molecule has 1 amide bonds. The second-order valence-corrected chi connectivity index (χ2v) is 8.17. The summed E-state index contributed by atoms with van der Waals surface area (Å²) >= 11 is 5.98. The van der Waals surface area contributed by atoms with Crippen LogP contribution in [-0.4, -0.2) is 22.4 Å². The minimum atomic E-state index is -0.0195. The maximum atomic E-state index is 13.0. The Morgan fingerprint density at radius 3 is 2.85 bits per heavy atom. The average molecular weight is 372 g/mol. The Bertz CT molecular complexity index is 762. The molecule has 0 bridgehead atoms. The fourth-order valence-electron chi connectivity index (χ4n) is 4.73. The first-order chi connectivity index (χ1) is 12.7. The van der Waals surface area contributed by atoms with Gasteiger partial charge in [-0.1, -0.05) is 36.9 Å². The molecule has 138 valence electrons. The number of fused-ring (bicyclic) bond motifs is 1. The van der Waals surface area contributed by atoms with Crippen LogP contribution in [-0.2, 0) is 16.6 Å². The van der Waals surface area contributed by atoms with Crippen LogP contribution in [0.5, 0.6) is 0 Å². The van der Waals surface area contributed by atoms with Crippen molar-refractivity contribution in [3.05, 3.63) is 52.6 Å². The highest BCUT2D eigenvalue weighted by Gasteiger charge is 2.36. The summed E-state index contributed by atoms with van der Waals surface area (Å²) in [7, 11) is 0. The maximum Gasteiger partial charge on any atom is 0.227 e. The Morgan fingerprint density at radius 1 is 1.23 bits per heavy atom. The molecular formula is C21H26ClN3O. The molecule has 0 saturated heterocycles. The zero-order valence-electron chi connectivity index (χ0n) is 15.1. The number of hydrogen-bond acceptors (Lipinski definition) is 2. The summed E-state index contributed by atoms with van der Waals surface area (Å²) in [6, 6.07) is 6.01. The van der Waals surface area contributed by atoms with Gasteiger partial charge in [0, 0.05) is 30.0 Å². The van der Waals surface area contributed by atoms with Crippen molar-refractivity contribution in [3.8, 4) is 0 Å². The van der Waals surface area contributed by atoms with Crippen molar-refractivity contribution in [1.29, 1.82) is 0 Å². The van der Waals surface area contributed by atoms with Gasteiger partial charge in [0.1, 0.15) is 5.15 Å². The fraction of sp³-hybridized carbons (Fsp3) is 0.524. The van der Waals surface area contributed by atoms with Gasteiger partial charge in [0.15, 0.2) is 0 Å². The molecule has 0 aliphatic heterocycles. The molecule has 1 atom stereocenters. The van der Waals surface area contributed by atoms with Gasteiger partial charge in [-0.15, -0.1) is 0 Å². The first-order valence-electron chi connectivity index (χ1n) is 9.74. The number of aryl methyl sites for hydroxylation is 1. The second-order valence-electron chi connectivity index (χ2n) is 7.78. The van der Waals surface area contributed by atoms with Crippen molar-refractivity contribution in [2.24, 2.45) is 0 Å². The van der Waals surface area contributed by atoms with E-state index in [9.17, 15) is 4.79 Å². The van der Waals surface area contributed by atoms with Crippen LogP contribution in [0.1, 0.15) is 67.7 Å². The minimum absolute atomic E-state index is 0.0128. The predicted octanol–water partition coefficient (Wildman–Crippen LogP) is 4.50. The highest BCUT2D eigenvalue weighted by Crippen LogP contribution is 2.39. The molecule has 4 nitrogen and oxygen atoms in total. The Balaban J connectivity index is 1.50. The van der Waals surface area contributed by atoms with E-state index in [-0.39, 0.29) is 17.2 Å². The molecule has 1 saturated carbocycles. The minimum Gasteiger partial charge on any atom is -0.365 e. The van der Waals surface area contributed by atoms with Crippen molar-refractivity contribution in [2.45, 2.75) is 62.7 Å². The van der Waals surface area contributed by atoms with E-state index in [2.05, 4.69) is 27.4 Å². The van der Waals surface area contributed by atoms with E-state index in [1.165, 1.54) is 36.1 Å². The molecule has 2 heterocycles. The van der Waals surface area contributed by atoms with Gasteiger partial charge in [-0.25, -0.2) is 4.98 Å². The molecule has 5 heteroatoms. The normalized spacial score (nSPS) is 21.8. The molecule has 0 spiro atoms. The molecular weight excluding hydrogens is 346 g/mol. The lowest BCUT2D eigenvalue weighted by Gasteiger charge is -2.38. The number of amides is 1. The van der Waals surface area contributed by atoms with Gasteiger partial charge in [-0.2, -0.15) is 0 Å². The van der Waals surface area contributed by atoms with Gasteiger partial charge in [-0.3, -0.25) is 4.79 Å². The quantitative estimate of drug-likeness (QED) is 0.777. The van der Waals surface area contributed by atoms with Gasteiger partial charge in [0.05, 0.1) is 5.92 Å². The van der Waals surface area contributed by atoms with Crippen molar-refractivity contribution < 1.29 is 4.79 Å².